The van der Waals surface area contributed by atoms with Crippen molar-refractivity contribution in [1.82, 2.24) is 0 Å². The predicted molar refractivity (Wildman–Crippen MR) is 113 cm³/mol. The van der Waals surface area contributed by atoms with Crippen LogP contribution >= 0.6 is 0 Å². The van der Waals surface area contributed by atoms with Crippen LogP contribution in [0.25, 0.3) is 0 Å². The monoisotopic (exact) mass is 490 g/mol. The van der Waals surface area contributed by atoms with Crippen molar-refractivity contribution in [2.24, 2.45) is 5.92 Å². The standard InChI is InChI=1S/C22H34O12/c1-7-9-10-16(20(27)29-8-2)22(11-30-12(3)23)19(33-15(6)26)17(31-13(4)24)18(21(28)34-22)32-14(5)25/h16-19,21,28H,7-11H2,1-6H3/t16?,17-,18+,19+,21+,22+/m1/s1. The number of carbonyl (C=O) groups excluding carboxylic acids is 5. The van der Waals surface area contributed by atoms with Crippen LogP contribution in [0.15, 0.2) is 0 Å². The third-order valence-corrected chi connectivity index (χ3v) is 5.13. The molecule has 1 unspecified atom stereocenters. The van der Waals surface area contributed by atoms with Crippen molar-refractivity contribution < 1.29 is 57.5 Å². The molecule has 12 heteroatoms. The summed E-state index contributed by atoms with van der Waals surface area (Å²) < 4.78 is 32.1. The number of hydrogen-bond acceptors (Lipinski definition) is 12. The van der Waals surface area contributed by atoms with E-state index in [-0.39, 0.29) is 13.0 Å². The van der Waals surface area contributed by atoms with Gasteiger partial charge in [-0.2, -0.15) is 0 Å². The summed E-state index contributed by atoms with van der Waals surface area (Å²) in [6.07, 6.45) is -5.48. The number of esters is 5. The van der Waals surface area contributed by atoms with Crippen molar-refractivity contribution in [3.8, 4) is 0 Å². The van der Waals surface area contributed by atoms with Crippen molar-refractivity contribution in [3.63, 3.8) is 0 Å². The molecule has 0 aromatic rings. The van der Waals surface area contributed by atoms with Gasteiger partial charge in [0.25, 0.3) is 0 Å². The smallest absolute Gasteiger partial charge is 0.312 e. The average Bonchev–Trinajstić information content (AvgIpc) is 2.71. The first-order valence-electron chi connectivity index (χ1n) is 11.1. The lowest BCUT2D eigenvalue weighted by molar-refractivity contribution is -0.342. The van der Waals surface area contributed by atoms with Gasteiger partial charge in [0.05, 0.1) is 12.5 Å². The number of unbranched alkanes of at least 4 members (excludes halogenated alkanes) is 1. The van der Waals surface area contributed by atoms with Gasteiger partial charge in [0.2, 0.25) is 0 Å². The molecule has 1 heterocycles. The van der Waals surface area contributed by atoms with Crippen molar-refractivity contribution >= 4 is 29.8 Å². The number of ether oxygens (including phenoxy) is 6. The first-order chi connectivity index (χ1) is 15.9. The van der Waals surface area contributed by atoms with Crippen LogP contribution in [0.3, 0.4) is 0 Å². The van der Waals surface area contributed by atoms with Crippen LogP contribution in [0.5, 0.6) is 0 Å². The van der Waals surface area contributed by atoms with Gasteiger partial charge in [0.1, 0.15) is 6.61 Å². The van der Waals surface area contributed by atoms with E-state index in [0.29, 0.717) is 12.8 Å². The van der Waals surface area contributed by atoms with Gasteiger partial charge in [-0.1, -0.05) is 19.8 Å². The van der Waals surface area contributed by atoms with Crippen LogP contribution in [-0.4, -0.2) is 78.4 Å². The summed E-state index contributed by atoms with van der Waals surface area (Å²) in [5.74, 6) is -5.28. The van der Waals surface area contributed by atoms with E-state index < -0.39 is 72.6 Å². The predicted octanol–water partition coefficient (Wildman–Crippen LogP) is 0.802. The van der Waals surface area contributed by atoms with Crippen LogP contribution in [0.2, 0.25) is 0 Å². The number of aliphatic hydroxyl groups excluding tert-OH is 1. The van der Waals surface area contributed by atoms with Gasteiger partial charge in [-0.05, 0) is 13.3 Å². The quantitative estimate of drug-likeness (QED) is 0.321. The minimum Gasteiger partial charge on any atom is -0.466 e. The summed E-state index contributed by atoms with van der Waals surface area (Å²) in [7, 11) is 0. The van der Waals surface area contributed by atoms with Gasteiger partial charge in [-0.25, -0.2) is 0 Å². The second-order valence-corrected chi connectivity index (χ2v) is 7.87. The SMILES string of the molecule is CCCCC(C(=O)OCC)[C@]1(COC(C)=O)O[C@H](O)[C@@H](OC(C)=O)[C@@H](OC(C)=O)[C@@H]1OC(C)=O. The third-order valence-electron chi connectivity index (χ3n) is 5.13. The summed E-state index contributed by atoms with van der Waals surface area (Å²) >= 11 is 0. The number of carbonyl (C=O) groups is 5. The number of rotatable bonds is 11. The fourth-order valence-electron chi connectivity index (χ4n) is 3.88. The highest BCUT2D eigenvalue weighted by Gasteiger charge is 2.64. The molecule has 0 bridgehead atoms. The van der Waals surface area contributed by atoms with Gasteiger partial charge >= 0.3 is 29.8 Å². The Bertz CT molecular complexity index is 750. The maximum Gasteiger partial charge on any atom is 0.312 e. The molecule has 194 valence electrons. The Morgan fingerprint density at radius 2 is 1.41 bits per heavy atom. The number of hydrogen-bond donors (Lipinski definition) is 1. The molecule has 1 aliphatic heterocycles. The molecular weight excluding hydrogens is 456 g/mol. The van der Waals surface area contributed by atoms with Gasteiger partial charge in [0.15, 0.2) is 30.2 Å². The van der Waals surface area contributed by atoms with Gasteiger partial charge < -0.3 is 33.5 Å². The van der Waals surface area contributed by atoms with Gasteiger partial charge in [0, 0.05) is 27.7 Å². The Morgan fingerprint density at radius 3 is 1.88 bits per heavy atom. The molecular formula is C22H34O12. The van der Waals surface area contributed by atoms with Crippen molar-refractivity contribution in [1.29, 1.82) is 0 Å². The summed E-state index contributed by atoms with van der Waals surface area (Å²) in [6.45, 7) is 7.12. The summed E-state index contributed by atoms with van der Waals surface area (Å²) in [6, 6.07) is 0. The van der Waals surface area contributed by atoms with Crippen molar-refractivity contribution in [3.05, 3.63) is 0 Å². The fraction of sp³-hybridized carbons (Fsp3) is 0.773. The highest BCUT2D eigenvalue weighted by Crippen LogP contribution is 2.42. The first-order valence-corrected chi connectivity index (χ1v) is 11.1. The fourth-order valence-corrected chi connectivity index (χ4v) is 3.88. The lowest BCUT2D eigenvalue weighted by Crippen LogP contribution is -2.72. The minimum absolute atomic E-state index is 0.00926. The van der Waals surface area contributed by atoms with E-state index >= 15 is 0 Å². The molecule has 1 fully saturated rings. The topological polar surface area (TPSA) is 161 Å². The number of aliphatic hydroxyl groups is 1. The van der Waals surface area contributed by atoms with E-state index in [0.717, 1.165) is 27.7 Å². The van der Waals surface area contributed by atoms with Crippen LogP contribution in [0.1, 0.15) is 60.8 Å². The van der Waals surface area contributed by atoms with Crippen LogP contribution in [0, 0.1) is 5.92 Å². The highest BCUT2D eigenvalue weighted by molar-refractivity contribution is 5.75. The summed E-state index contributed by atoms with van der Waals surface area (Å²) in [5, 5.41) is 10.8. The zero-order chi connectivity index (χ0) is 26.1. The molecule has 12 nitrogen and oxygen atoms in total. The highest BCUT2D eigenvalue weighted by atomic mass is 16.7. The zero-order valence-corrected chi connectivity index (χ0v) is 20.4. The molecule has 1 rings (SSSR count). The Hall–Kier alpha value is -2.73. The minimum atomic E-state index is -2.03. The van der Waals surface area contributed by atoms with Gasteiger partial charge in [-0.15, -0.1) is 0 Å². The summed E-state index contributed by atoms with van der Waals surface area (Å²) in [4.78, 5) is 60.5. The van der Waals surface area contributed by atoms with Crippen molar-refractivity contribution in [2.75, 3.05) is 13.2 Å². The Labute approximate surface area is 198 Å². The van der Waals surface area contributed by atoms with E-state index in [4.69, 9.17) is 28.4 Å². The molecule has 0 saturated carbocycles. The third kappa shape index (κ3) is 7.66. The van der Waals surface area contributed by atoms with E-state index in [2.05, 4.69) is 0 Å². The Kier molecular flexibility index (Phi) is 11.4. The maximum atomic E-state index is 13.1. The molecule has 0 aromatic carbocycles. The largest absolute Gasteiger partial charge is 0.466 e. The van der Waals surface area contributed by atoms with E-state index in [1.165, 1.54) is 0 Å². The normalized spacial score (nSPS) is 27.1. The van der Waals surface area contributed by atoms with Crippen LogP contribution in [-0.2, 0) is 52.4 Å². The molecule has 0 spiro atoms. The molecule has 1 N–H and O–H groups in total. The Morgan fingerprint density at radius 1 is 0.853 bits per heavy atom. The molecule has 34 heavy (non-hydrogen) atoms. The zero-order valence-electron chi connectivity index (χ0n) is 20.4. The van der Waals surface area contributed by atoms with Crippen LogP contribution in [0.4, 0.5) is 0 Å². The lowest BCUT2D eigenvalue weighted by atomic mass is 9.74. The lowest BCUT2D eigenvalue weighted by Gasteiger charge is -2.51. The molecule has 0 radical (unpaired) electrons. The van der Waals surface area contributed by atoms with E-state index in [1.54, 1.807) is 6.92 Å². The second kappa shape index (κ2) is 13.2. The molecule has 1 saturated heterocycles. The molecule has 0 aromatic heterocycles. The van der Waals surface area contributed by atoms with Crippen LogP contribution < -0.4 is 0 Å². The summed E-state index contributed by atoms with van der Waals surface area (Å²) in [5.41, 5.74) is -2.03. The Balaban J connectivity index is 3.80. The first kappa shape index (κ1) is 29.3. The maximum absolute atomic E-state index is 13.1. The molecule has 6 atom stereocenters. The average molecular weight is 491 g/mol. The molecule has 1 aliphatic rings. The molecule has 0 amide bonds. The second-order valence-electron chi connectivity index (χ2n) is 7.87. The van der Waals surface area contributed by atoms with E-state index in [9.17, 15) is 29.1 Å². The molecule has 0 aliphatic carbocycles. The van der Waals surface area contributed by atoms with Crippen molar-refractivity contribution in [2.45, 2.75) is 91.0 Å². The van der Waals surface area contributed by atoms with Gasteiger partial charge in [-0.3, -0.25) is 24.0 Å². The van der Waals surface area contributed by atoms with E-state index in [1.807, 2.05) is 6.92 Å².